The third-order valence-electron chi connectivity index (χ3n) is 7.93. The first kappa shape index (κ1) is 34.8. The van der Waals surface area contributed by atoms with Gasteiger partial charge in [0, 0.05) is 45.4 Å². The number of benzene rings is 3. The Balaban J connectivity index is 1.46. The van der Waals surface area contributed by atoms with E-state index in [1.165, 1.54) is 12.1 Å². The van der Waals surface area contributed by atoms with Crippen LogP contribution in [0.15, 0.2) is 69.6 Å². The number of carboxylic acid groups (broad SMARTS) is 1. The molecule has 2 aliphatic heterocycles. The van der Waals surface area contributed by atoms with Gasteiger partial charge in [0.2, 0.25) is 6.29 Å². The van der Waals surface area contributed by atoms with Crippen LogP contribution < -0.4 is 20.3 Å². The number of carbonyl (C=O) groups excluding carboxylic acids is 2. The number of carbonyl (C=O) groups is 3. The Morgan fingerprint density at radius 2 is 1.45 bits per heavy atom. The molecule has 5 atom stereocenters. The number of ether oxygens (including phenoxy) is 2. The molecule has 0 spiro atoms. The number of nitrogens with zero attached hydrogens (tertiary/aromatic N) is 2. The van der Waals surface area contributed by atoms with E-state index in [9.17, 15) is 34.8 Å². The zero-order valence-electron chi connectivity index (χ0n) is 25.2. The van der Waals surface area contributed by atoms with Crippen LogP contribution in [-0.4, -0.2) is 107 Å². The fraction of sp³-hybridized carbons (Fsp3) is 0.344. The van der Waals surface area contributed by atoms with Crippen LogP contribution in [-0.2, 0) is 9.53 Å². The van der Waals surface area contributed by atoms with Gasteiger partial charge in [-0.05, 0) is 80.7 Å². The molecule has 2 aliphatic rings. The van der Waals surface area contributed by atoms with E-state index in [-0.39, 0.29) is 17.1 Å². The van der Waals surface area contributed by atoms with E-state index in [4.69, 9.17) is 9.47 Å². The van der Waals surface area contributed by atoms with Crippen molar-refractivity contribution in [3.05, 3.63) is 80.7 Å². The molecule has 0 aliphatic carbocycles. The molecule has 0 unspecified atom stereocenters. The summed E-state index contributed by atoms with van der Waals surface area (Å²) in [5.41, 5.74) is 1.66. The standard InChI is InChI=1S/C32H34Br2N4O9/c1-37-11-2-12-38(14-13-37)21-9-5-18(6-10-21)30(43)36-24-22(35-29(42)17-3-7-19(33)8-4-17)15-20(34)16-23(24)46-32-27(41)25(39)26(40)28(47-32)31(44)45/h3-10,15-16,25-28,32,39-41H,2,11-14H2,1H3,(H,35,42)(H,36,43)(H,44,45)/t25-,26-,27+,28-,32+/m0/s1. The van der Waals surface area contributed by atoms with E-state index < -0.39 is 48.5 Å². The summed E-state index contributed by atoms with van der Waals surface area (Å²) in [7, 11) is 2.09. The van der Waals surface area contributed by atoms with E-state index in [0.29, 0.717) is 15.6 Å². The predicted octanol–water partition coefficient (Wildman–Crippen LogP) is 3.13. The molecule has 250 valence electrons. The van der Waals surface area contributed by atoms with Gasteiger partial charge in [-0.1, -0.05) is 31.9 Å². The molecule has 0 radical (unpaired) electrons. The summed E-state index contributed by atoms with van der Waals surface area (Å²) in [5.74, 6) is -2.79. The first-order chi connectivity index (χ1) is 22.4. The van der Waals surface area contributed by atoms with Crippen molar-refractivity contribution in [1.82, 2.24) is 4.90 Å². The summed E-state index contributed by atoms with van der Waals surface area (Å²) < 4.78 is 12.3. The molecule has 15 heteroatoms. The number of anilines is 3. The van der Waals surface area contributed by atoms with Gasteiger partial charge in [0.25, 0.3) is 11.8 Å². The number of carboxylic acids is 1. The third kappa shape index (κ3) is 8.30. The lowest BCUT2D eigenvalue weighted by Gasteiger charge is -2.38. The fourth-order valence-electron chi connectivity index (χ4n) is 5.29. The number of nitrogens with one attached hydrogen (secondary N) is 2. The number of aliphatic hydroxyl groups is 3. The van der Waals surface area contributed by atoms with E-state index in [1.807, 2.05) is 12.1 Å². The molecule has 5 rings (SSSR count). The summed E-state index contributed by atoms with van der Waals surface area (Å²) >= 11 is 6.70. The molecule has 2 amide bonds. The van der Waals surface area contributed by atoms with Gasteiger partial charge < -0.3 is 50.3 Å². The van der Waals surface area contributed by atoms with Crippen LogP contribution >= 0.6 is 31.9 Å². The van der Waals surface area contributed by atoms with Gasteiger partial charge in [0.15, 0.2) is 6.10 Å². The molecule has 2 saturated heterocycles. The summed E-state index contributed by atoms with van der Waals surface area (Å²) in [4.78, 5) is 43.1. The number of hydrogen-bond donors (Lipinski definition) is 6. The maximum Gasteiger partial charge on any atom is 0.335 e. The lowest BCUT2D eigenvalue weighted by molar-refractivity contribution is -0.271. The minimum absolute atomic E-state index is 0.0356. The Labute approximate surface area is 287 Å². The molecule has 6 N–H and O–H groups in total. The maximum atomic E-state index is 13.6. The normalized spacial score (nSPS) is 23.4. The van der Waals surface area contributed by atoms with Crippen LogP contribution in [0, 0.1) is 0 Å². The number of aliphatic hydroxyl groups excluding tert-OH is 3. The highest BCUT2D eigenvalue weighted by atomic mass is 79.9. The van der Waals surface area contributed by atoms with Gasteiger partial charge in [-0.25, -0.2) is 4.79 Å². The quantitative estimate of drug-likeness (QED) is 0.198. The Morgan fingerprint density at radius 3 is 2.11 bits per heavy atom. The molecule has 0 saturated carbocycles. The van der Waals surface area contributed by atoms with Crippen molar-refractivity contribution >= 4 is 66.7 Å². The second-order valence-corrected chi connectivity index (χ2v) is 13.1. The van der Waals surface area contributed by atoms with E-state index in [2.05, 4.69) is 59.3 Å². The SMILES string of the molecule is CN1CCCN(c2ccc(C(=O)Nc3c(NC(=O)c4ccc(Br)cc4)cc(Br)cc3O[C@@H]3O[C@H](C(=O)O)[C@@H](O)[C@H](O)[C@H]3O)cc2)CC1. The van der Waals surface area contributed by atoms with E-state index >= 15 is 0 Å². The van der Waals surface area contributed by atoms with Crippen LogP contribution in [0.4, 0.5) is 17.1 Å². The van der Waals surface area contributed by atoms with Crippen LogP contribution in [0.25, 0.3) is 0 Å². The maximum absolute atomic E-state index is 13.6. The Kier molecular flexibility index (Phi) is 11.2. The van der Waals surface area contributed by atoms with Gasteiger partial charge in [-0.15, -0.1) is 0 Å². The number of halogens is 2. The van der Waals surface area contributed by atoms with Crippen LogP contribution in [0.2, 0.25) is 0 Å². The highest BCUT2D eigenvalue weighted by Gasteiger charge is 2.48. The van der Waals surface area contributed by atoms with Crippen molar-refractivity contribution in [3.63, 3.8) is 0 Å². The zero-order valence-corrected chi connectivity index (χ0v) is 28.3. The van der Waals surface area contributed by atoms with E-state index in [1.54, 1.807) is 36.4 Å². The summed E-state index contributed by atoms with van der Waals surface area (Å²) in [6.07, 6.45) is -8.38. The van der Waals surface area contributed by atoms with Gasteiger partial charge in [0.05, 0.1) is 5.69 Å². The topological polar surface area (TPSA) is 181 Å². The molecule has 0 bridgehead atoms. The molecule has 2 fully saturated rings. The van der Waals surface area contributed by atoms with Crippen molar-refractivity contribution in [1.29, 1.82) is 0 Å². The minimum Gasteiger partial charge on any atom is -0.479 e. The van der Waals surface area contributed by atoms with Gasteiger partial charge in [0.1, 0.15) is 29.7 Å². The molecule has 3 aromatic rings. The highest BCUT2D eigenvalue weighted by molar-refractivity contribution is 9.10. The number of likely N-dealkylation sites (N-methyl/N-ethyl adjacent to an activating group) is 1. The van der Waals surface area contributed by atoms with Crippen molar-refractivity contribution in [2.24, 2.45) is 0 Å². The lowest BCUT2D eigenvalue weighted by Crippen LogP contribution is -2.61. The minimum atomic E-state index is -1.93. The third-order valence-corrected chi connectivity index (χ3v) is 8.92. The molecule has 0 aromatic heterocycles. The Morgan fingerprint density at radius 1 is 0.809 bits per heavy atom. The summed E-state index contributed by atoms with van der Waals surface area (Å²) in [5, 5.41) is 46.1. The van der Waals surface area contributed by atoms with Crippen molar-refractivity contribution in [3.8, 4) is 5.75 Å². The van der Waals surface area contributed by atoms with Gasteiger partial charge in [-0.2, -0.15) is 0 Å². The smallest absolute Gasteiger partial charge is 0.335 e. The molecule has 13 nitrogen and oxygen atoms in total. The Bertz CT molecular complexity index is 1610. The molecular weight excluding hydrogens is 744 g/mol. The van der Waals surface area contributed by atoms with Crippen LogP contribution in [0.3, 0.4) is 0 Å². The number of hydrogen-bond acceptors (Lipinski definition) is 10. The fourth-order valence-corrected chi connectivity index (χ4v) is 5.99. The second-order valence-electron chi connectivity index (χ2n) is 11.3. The monoisotopic (exact) mass is 776 g/mol. The largest absolute Gasteiger partial charge is 0.479 e. The number of amides is 2. The van der Waals surface area contributed by atoms with Crippen molar-refractivity contribution in [2.75, 3.05) is 48.8 Å². The molecule has 47 heavy (non-hydrogen) atoms. The van der Waals surface area contributed by atoms with E-state index in [0.717, 1.165) is 42.8 Å². The summed E-state index contributed by atoms with van der Waals surface area (Å²) in [6, 6.07) is 16.6. The van der Waals surface area contributed by atoms with Crippen molar-refractivity contribution in [2.45, 2.75) is 37.1 Å². The summed E-state index contributed by atoms with van der Waals surface area (Å²) in [6.45, 7) is 3.67. The Hall–Kier alpha value is -3.57. The lowest BCUT2D eigenvalue weighted by atomic mass is 9.99. The number of aliphatic carboxylic acids is 1. The molecule has 3 aromatic carbocycles. The van der Waals surface area contributed by atoms with Gasteiger partial charge in [-0.3, -0.25) is 9.59 Å². The molecular formula is C32H34Br2N4O9. The predicted molar refractivity (Wildman–Crippen MR) is 180 cm³/mol. The number of rotatable bonds is 8. The van der Waals surface area contributed by atoms with Crippen LogP contribution in [0.1, 0.15) is 27.1 Å². The zero-order chi connectivity index (χ0) is 33.8. The average Bonchev–Trinajstić information content (AvgIpc) is 3.27. The molecule has 2 heterocycles. The van der Waals surface area contributed by atoms with Crippen molar-refractivity contribution < 1.29 is 44.3 Å². The average molecular weight is 778 g/mol. The van der Waals surface area contributed by atoms with Crippen LogP contribution in [0.5, 0.6) is 5.75 Å². The second kappa shape index (κ2) is 15.1. The first-order valence-electron chi connectivity index (χ1n) is 14.8. The highest BCUT2D eigenvalue weighted by Crippen LogP contribution is 2.39. The first-order valence-corrected chi connectivity index (χ1v) is 16.3. The van der Waals surface area contributed by atoms with Gasteiger partial charge >= 0.3 is 5.97 Å².